The average molecular weight is 1650 g/mol. The second-order valence-electron chi connectivity index (χ2n) is 33.5. The molecule has 3 rings (SSSR count). The Morgan fingerprint density at radius 2 is 0.658 bits per heavy atom. The fourth-order valence-electron chi connectivity index (χ4n) is 15.6. The van der Waals surface area contributed by atoms with E-state index in [4.69, 9.17) is 46.9 Å². The molecule has 0 aromatic rings. The van der Waals surface area contributed by atoms with Crippen LogP contribution in [-0.2, 0) is 70.7 Å². The van der Waals surface area contributed by atoms with Gasteiger partial charge in [0.05, 0.1) is 13.2 Å². The fourth-order valence-corrected chi connectivity index (χ4v) is 16.5. The molecule has 0 aromatic carbocycles. The van der Waals surface area contributed by atoms with Crippen LogP contribution in [0.2, 0.25) is 0 Å². The third-order valence-electron chi connectivity index (χ3n) is 23.0. The summed E-state index contributed by atoms with van der Waals surface area (Å²) in [6.45, 7) is 7.92. The maximum absolute atomic E-state index is 14.9. The van der Waals surface area contributed by atoms with Crippen LogP contribution < -0.4 is 0 Å². The molecule has 2 saturated heterocycles. The van der Waals surface area contributed by atoms with Gasteiger partial charge in [-0.15, -0.1) is 0 Å². The van der Waals surface area contributed by atoms with E-state index >= 15 is 0 Å². The number of phosphoric ester groups is 1. The van der Waals surface area contributed by atoms with Crippen LogP contribution in [0.4, 0.5) is 0 Å². The van der Waals surface area contributed by atoms with E-state index in [1.54, 1.807) is 0 Å². The number of hydrogen-bond acceptors (Lipinski definition) is 24. The van der Waals surface area contributed by atoms with Crippen LogP contribution in [0.5, 0.6) is 0 Å². The van der Waals surface area contributed by atoms with Crippen LogP contribution in [-0.4, -0.2) is 205 Å². The number of hydrogen-bond donors (Lipinski definition) is 10. The number of carbonyl (C=O) groups is 4. The van der Waals surface area contributed by atoms with E-state index in [9.17, 15) is 74.6 Å². The zero-order chi connectivity index (χ0) is 83.4. The van der Waals surface area contributed by atoms with Gasteiger partial charge in [0.2, 0.25) is 0 Å². The van der Waals surface area contributed by atoms with Crippen LogP contribution in [0.25, 0.3) is 0 Å². The first-order valence-corrected chi connectivity index (χ1v) is 47.7. The molecule has 3 fully saturated rings. The molecule has 19 unspecified atom stereocenters. The van der Waals surface area contributed by atoms with Gasteiger partial charge < -0.3 is 88.7 Å². The van der Waals surface area contributed by atoms with Crippen molar-refractivity contribution in [3.05, 3.63) is 0 Å². The highest BCUT2D eigenvalue weighted by Gasteiger charge is 2.60. The predicted octanol–water partition coefficient (Wildman–Crippen LogP) is 16.5. The van der Waals surface area contributed by atoms with E-state index in [1.165, 1.54) is 180 Å². The molecule has 2 heterocycles. The van der Waals surface area contributed by atoms with E-state index in [-0.39, 0.29) is 25.7 Å². The largest absolute Gasteiger partial charge is 0.472 e. The lowest BCUT2D eigenvalue weighted by Gasteiger charge is -2.50. The molecule has 0 radical (unpaired) electrons. The predicted molar refractivity (Wildman–Crippen MR) is 440 cm³/mol. The molecule has 2 aliphatic heterocycles. The molecule has 3 aliphatic rings. The summed E-state index contributed by atoms with van der Waals surface area (Å²) in [7, 11) is -5.80. The molecule has 114 heavy (non-hydrogen) atoms. The Morgan fingerprint density at radius 3 is 1.04 bits per heavy atom. The monoisotopic (exact) mass is 1650 g/mol. The van der Waals surface area contributed by atoms with E-state index in [1.807, 2.05) is 0 Å². The third kappa shape index (κ3) is 47.6. The van der Waals surface area contributed by atoms with Crippen LogP contribution in [0.15, 0.2) is 0 Å². The molecular formula is C88H165O25P. The van der Waals surface area contributed by atoms with E-state index in [0.717, 1.165) is 128 Å². The molecule has 1 saturated carbocycles. The molecule has 19 atom stereocenters. The summed E-state index contributed by atoms with van der Waals surface area (Å²) in [5, 5.41) is 102. The van der Waals surface area contributed by atoms with Gasteiger partial charge in [-0.3, -0.25) is 28.2 Å². The smallest absolute Gasteiger partial charge is 0.463 e. The molecule has 26 heteroatoms. The zero-order valence-electron chi connectivity index (χ0n) is 71.6. The number of aliphatic hydroxyl groups excluding tert-OH is 9. The van der Waals surface area contributed by atoms with Crippen molar-refractivity contribution in [1.82, 2.24) is 0 Å². The van der Waals surface area contributed by atoms with Gasteiger partial charge in [-0.2, -0.15) is 0 Å². The minimum absolute atomic E-state index is 0.0193. The van der Waals surface area contributed by atoms with Crippen LogP contribution >= 0.6 is 7.82 Å². The van der Waals surface area contributed by atoms with Crippen molar-refractivity contribution in [2.75, 3.05) is 26.4 Å². The van der Waals surface area contributed by atoms with Crippen LogP contribution in [0.3, 0.4) is 0 Å². The minimum atomic E-state index is -5.80. The number of phosphoric acid groups is 1. The summed E-state index contributed by atoms with van der Waals surface area (Å²) < 4.78 is 73.4. The van der Waals surface area contributed by atoms with Gasteiger partial charge in [0.25, 0.3) is 0 Å². The molecule has 0 amide bonds. The summed E-state index contributed by atoms with van der Waals surface area (Å²) in [5.41, 5.74) is 0. The van der Waals surface area contributed by atoms with Crippen molar-refractivity contribution in [2.24, 2.45) is 5.92 Å². The molecular weight excluding hydrogens is 1490 g/mol. The Labute approximate surface area is 687 Å². The van der Waals surface area contributed by atoms with Gasteiger partial charge in [0, 0.05) is 25.7 Å². The first-order valence-electron chi connectivity index (χ1n) is 46.2. The molecule has 672 valence electrons. The molecule has 0 bridgehead atoms. The molecule has 1 aliphatic carbocycles. The van der Waals surface area contributed by atoms with Crippen molar-refractivity contribution in [3.63, 3.8) is 0 Å². The maximum Gasteiger partial charge on any atom is 0.472 e. The van der Waals surface area contributed by atoms with Crippen molar-refractivity contribution >= 4 is 31.7 Å². The van der Waals surface area contributed by atoms with Crippen molar-refractivity contribution in [3.8, 4) is 0 Å². The van der Waals surface area contributed by atoms with Crippen molar-refractivity contribution in [2.45, 2.75) is 505 Å². The second-order valence-corrected chi connectivity index (χ2v) is 34.9. The molecule has 25 nitrogen and oxygen atoms in total. The summed E-state index contributed by atoms with van der Waals surface area (Å²) in [6, 6.07) is 0. The van der Waals surface area contributed by atoms with Crippen molar-refractivity contribution in [1.29, 1.82) is 0 Å². The lowest BCUT2D eigenvalue weighted by Crippen LogP contribution is -2.70. The van der Waals surface area contributed by atoms with E-state index < -0.39 is 162 Å². The Morgan fingerprint density at radius 1 is 0.342 bits per heavy atom. The molecule has 10 N–H and O–H groups in total. The number of esters is 4. The van der Waals surface area contributed by atoms with Gasteiger partial charge in [-0.05, 0) is 31.6 Å². The topological polar surface area (TPSA) is 380 Å². The summed E-state index contributed by atoms with van der Waals surface area (Å²) in [6.07, 6.45) is 21.2. The van der Waals surface area contributed by atoms with Gasteiger partial charge in [0.1, 0.15) is 92.6 Å². The van der Waals surface area contributed by atoms with E-state index in [2.05, 4.69) is 34.6 Å². The number of carbonyl (C=O) groups excluding carboxylic acids is 4. The summed E-state index contributed by atoms with van der Waals surface area (Å²) in [5.74, 6) is -2.28. The Balaban J connectivity index is 1.93. The quantitative estimate of drug-likeness (QED) is 0.0117. The second kappa shape index (κ2) is 67.1. The third-order valence-corrected chi connectivity index (χ3v) is 24.0. The van der Waals surface area contributed by atoms with Gasteiger partial charge in [0.15, 0.2) is 24.8 Å². The van der Waals surface area contributed by atoms with E-state index in [0.29, 0.717) is 38.0 Å². The van der Waals surface area contributed by atoms with Crippen molar-refractivity contribution < 1.29 is 122 Å². The molecule has 0 aromatic heterocycles. The molecule has 0 spiro atoms. The Kier molecular flexibility index (Phi) is 62.2. The van der Waals surface area contributed by atoms with Gasteiger partial charge in [-0.1, -0.05) is 349 Å². The van der Waals surface area contributed by atoms with Gasteiger partial charge >= 0.3 is 31.7 Å². The highest BCUT2D eigenvalue weighted by molar-refractivity contribution is 7.47. The minimum Gasteiger partial charge on any atom is -0.463 e. The lowest BCUT2D eigenvalue weighted by atomic mass is 9.84. The Hall–Kier alpha value is -2.53. The highest BCUT2D eigenvalue weighted by Crippen LogP contribution is 2.49. The average Bonchev–Trinajstić information content (AvgIpc) is 0.754. The maximum atomic E-state index is 14.9. The first kappa shape index (κ1) is 106. The number of aliphatic hydroxyl groups is 9. The van der Waals surface area contributed by atoms with Crippen LogP contribution in [0, 0.1) is 5.92 Å². The standard InChI is InChI=1S/C88H165O25P/c1-6-10-14-18-22-25-28-31-34-37-40-47-53-59-71(90)104-64-68(107-73(92)61-55-50-44-43-46-52-58-67(5)57-51-45-21-17-13-9-4)65-106-114(102,103)113-86-84(111-87-81(100)77(96)75(94)69(63-89)108-87)80(99)79(98)83(110-74(93)62-56-49-42-39-36-33-30-27-24-20-16-12-8-3)85(86)112-88-82(101)78(97)76(95)70(109-88)66-105-72(91)60-54-48-41-38-35-32-29-26-23-19-15-11-7-2/h67-70,75-89,94-101H,6-66H2,1-5H3,(H,102,103). The first-order chi connectivity index (χ1) is 55.1. The number of ether oxygens (including phenoxy) is 8. The SMILES string of the molecule is CCCCCCCCCCCCCCCC(=O)OCC(COP(=O)(O)OC1C(OC2OC(CO)C(O)C(O)C2O)C(O)C(O)C(OC(=O)CCCCCCCCCCCCCCC)C1OC1OC(COC(=O)CCCCCCCCCCCCCCC)C(O)C(O)C1O)OC(=O)CCCCCCCCC(C)CCCCCCCC. The number of rotatable bonds is 74. The van der Waals surface area contributed by atoms with Crippen LogP contribution in [0.1, 0.15) is 401 Å². The Bertz CT molecular complexity index is 2400. The zero-order valence-corrected chi connectivity index (χ0v) is 72.5. The summed E-state index contributed by atoms with van der Waals surface area (Å²) >= 11 is 0. The highest BCUT2D eigenvalue weighted by atomic mass is 31.2. The lowest BCUT2D eigenvalue weighted by molar-refractivity contribution is -0.360. The van der Waals surface area contributed by atoms with Gasteiger partial charge in [-0.25, -0.2) is 4.57 Å². The number of unbranched alkanes of at least 4 members (excludes halogenated alkanes) is 46. The fraction of sp³-hybridized carbons (Fsp3) is 0.955. The summed E-state index contributed by atoms with van der Waals surface area (Å²) in [4.78, 5) is 66.4. The normalized spacial score (nSPS) is 25.6.